The lowest BCUT2D eigenvalue weighted by atomic mass is 10.1. The first-order valence-electron chi connectivity index (χ1n) is 9.50. The quantitative estimate of drug-likeness (QED) is 0.745. The van der Waals surface area contributed by atoms with Crippen LogP contribution in [0.15, 0.2) is 47.1 Å². The molecule has 0 saturated carbocycles. The number of halogens is 3. The van der Waals surface area contributed by atoms with E-state index in [1.807, 2.05) is 9.80 Å². The number of nitrogens with one attached hydrogen (secondary N) is 2. The van der Waals surface area contributed by atoms with Gasteiger partial charge in [-0.05, 0) is 23.8 Å². The second-order valence-corrected chi connectivity index (χ2v) is 7.06. The van der Waals surface area contributed by atoms with Gasteiger partial charge in [0.1, 0.15) is 5.76 Å². The molecule has 2 N–H and O–H groups in total. The molecule has 0 atom stereocenters. The second kappa shape index (κ2) is 9.77. The van der Waals surface area contributed by atoms with Crippen molar-refractivity contribution in [1.29, 1.82) is 0 Å². The smallest absolute Gasteiger partial charge is 0.416 e. The van der Waals surface area contributed by atoms with Gasteiger partial charge < -0.3 is 9.73 Å². The van der Waals surface area contributed by atoms with Gasteiger partial charge in [-0.2, -0.15) is 13.2 Å². The summed E-state index contributed by atoms with van der Waals surface area (Å²) in [5, 5.41) is 4.80. The molecule has 0 radical (unpaired) electrons. The predicted octanol–water partition coefficient (Wildman–Crippen LogP) is 2.44. The van der Waals surface area contributed by atoms with Gasteiger partial charge >= 0.3 is 12.2 Å². The molecule has 2 aromatic rings. The minimum atomic E-state index is -4.35. The van der Waals surface area contributed by atoms with Crippen LogP contribution in [0.3, 0.4) is 0 Å². The Balaban J connectivity index is 1.38. The van der Waals surface area contributed by atoms with Gasteiger partial charge in [-0.3, -0.25) is 19.9 Å². The number of hydrogen-bond acceptors (Lipinski definition) is 5. The number of rotatable bonds is 6. The number of alkyl halides is 3. The maximum atomic E-state index is 12.8. The summed E-state index contributed by atoms with van der Waals surface area (Å²) in [6.07, 6.45) is -2.86. The first kappa shape index (κ1) is 21.8. The highest BCUT2D eigenvalue weighted by Crippen LogP contribution is 2.29. The zero-order valence-electron chi connectivity index (χ0n) is 16.2. The molecule has 0 unspecified atom stereocenters. The molecular formula is C20H23F3N4O3. The summed E-state index contributed by atoms with van der Waals surface area (Å²) in [6, 6.07) is 8.13. The largest absolute Gasteiger partial charge is 0.467 e. The topological polar surface area (TPSA) is 77.8 Å². The first-order chi connectivity index (χ1) is 14.3. The van der Waals surface area contributed by atoms with Gasteiger partial charge in [-0.25, -0.2) is 4.79 Å². The van der Waals surface area contributed by atoms with E-state index in [1.165, 1.54) is 18.4 Å². The van der Waals surface area contributed by atoms with Crippen LogP contribution in [0.5, 0.6) is 0 Å². The number of imide groups is 1. The molecule has 1 aliphatic rings. The van der Waals surface area contributed by atoms with Crippen LogP contribution in [0.1, 0.15) is 16.9 Å². The number of urea groups is 1. The van der Waals surface area contributed by atoms with E-state index in [-0.39, 0.29) is 13.1 Å². The average molecular weight is 424 g/mol. The summed E-state index contributed by atoms with van der Waals surface area (Å²) in [7, 11) is 0. The van der Waals surface area contributed by atoms with Crippen molar-refractivity contribution in [3.8, 4) is 0 Å². The van der Waals surface area contributed by atoms with Crippen molar-refractivity contribution in [1.82, 2.24) is 20.4 Å². The van der Waals surface area contributed by atoms with Crippen LogP contribution in [0.25, 0.3) is 0 Å². The fourth-order valence-electron chi connectivity index (χ4n) is 3.20. The summed E-state index contributed by atoms with van der Waals surface area (Å²) in [4.78, 5) is 27.7. The zero-order valence-corrected chi connectivity index (χ0v) is 16.2. The Morgan fingerprint density at radius 1 is 1.03 bits per heavy atom. The fourth-order valence-corrected chi connectivity index (χ4v) is 3.20. The third-order valence-electron chi connectivity index (χ3n) is 4.75. The molecular weight excluding hydrogens is 401 g/mol. The third kappa shape index (κ3) is 6.60. The highest BCUT2D eigenvalue weighted by atomic mass is 19.4. The minimum absolute atomic E-state index is 0.0750. The van der Waals surface area contributed by atoms with Crippen LogP contribution in [0.2, 0.25) is 0 Å². The number of amides is 3. The van der Waals surface area contributed by atoms with Gasteiger partial charge in [0.15, 0.2) is 0 Å². The molecule has 0 aliphatic carbocycles. The lowest BCUT2D eigenvalue weighted by Gasteiger charge is -2.34. The van der Waals surface area contributed by atoms with E-state index in [2.05, 4.69) is 10.6 Å². The lowest BCUT2D eigenvalue weighted by molar-refractivity contribution is -0.137. The van der Waals surface area contributed by atoms with Crippen LogP contribution in [0, 0.1) is 0 Å². The van der Waals surface area contributed by atoms with Gasteiger partial charge in [0.25, 0.3) is 0 Å². The van der Waals surface area contributed by atoms with Gasteiger partial charge in [-0.1, -0.05) is 18.2 Å². The third-order valence-corrected chi connectivity index (χ3v) is 4.75. The Kier molecular flexibility index (Phi) is 7.11. The van der Waals surface area contributed by atoms with Crippen LogP contribution in [-0.2, 0) is 24.1 Å². The lowest BCUT2D eigenvalue weighted by Crippen LogP contribution is -2.50. The van der Waals surface area contributed by atoms with E-state index in [0.717, 1.165) is 6.07 Å². The summed E-state index contributed by atoms with van der Waals surface area (Å²) in [5.41, 5.74) is -0.0510. The highest BCUT2D eigenvalue weighted by molar-refractivity contribution is 5.95. The van der Waals surface area contributed by atoms with E-state index in [4.69, 9.17) is 4.42 Å². The molecule has 162 valence electrons. The highest BCUT2D eigenvalue weighted by Gasteiger charge is 2.30. The number of nitrogens with zero attached hydrogens (tertiary/aromatic N) is 2. The average Bonchev–Trinajstić information content (AvgIpc) is 3.21. The fraction of sp³-hybridized carbons (Fsp3) is 0.400. The Bertz CT molecular complexity index is 847. The molecule has 1 saturated heterocycles. The van der Waals surface area contributed by atoms with Crippen molar-refractivity contribution in [3.05, 3.63) is 59.5 Å². The van der Waals surface area contributed by atoms with E-state index in [1.54, 1.807) is 18.2 Å². The van der Waals surface area contributed by atoms with E-state index in [9.17, 15) is 22.8 Å². The minimum Gasteiger partial charge on any atom is -0.467 e. The molecule has 1 fully saturated rings. The molecule has 1 aliphatic heterocycles. The van der Waals surface area contributed by atoms with Crippen molar-refractivity contribution in [3.63, 3.8) is 0 Å². The number of carbonyl (C=O) groups excluding carboxylic acids is 2. The van der Waals surface area contributed by atoms with Gasteiger partial charge in [0.05, 0.1) is 24.9 Å². The SMILES string of the molecule is O=C(CN1CCN(Cc2cccc(C(F)(F)F)c2)CC1)NC(=O)NCc1ccco1. The molecule has 0 spiro atoms. The van der Waals surface area contributed by atoms with Crippen LogP contribution < -0.4 is 10.6 Å². The van der Waals surface area contributed by atoms with Gasteiger partial charge in [0, 0.05) is 32.7 Å². The Labute approximate surface area is 171 Å². The molecule has 7 nitrogen and oxygen atoms in total. The summed E-state index contributed by atoms with van der Waals surface area (Å²) >= 11 is 0. The van der Waals surface area contributed by atoms with Crippen molar-refractivity contribution in [2.24, 2.45) is 0 Å². The molecule has 2 heterocycles. The Morgan fingerprint density at radius 2 is 1.77 bits per heavy atom. The number of carbonyl (C=O) groups is 2. The van der Waals surface area contributed by atoms with E-state index >= 15 is 0 Å². The number of furan rings is 1. The summed E-state index contributed by atoms with van der Waals surface area (Å²) < 4.78 is 43.6. The standard InChI is InChI=1S/C20H23F3N4O3/c21-20(22,23)16-4-1-3-15(11-16)13-26-6-8-27(9-7-26)14-18(28)25-19(29)24-12-17-5-2-10-30-17/h1-5,10-11H,6-9,12-14H2,(H2,24,25,28,29). The summed E-state index contributed by atoms with van der Waals surface area (Å²) in [6.45, 7) is 3.08. The van der Waals surface area contributed by atoms with E-state index < -0.39 is 23.7 Å². The molecule has 0 bridgehead atoms. The first-order valence-corrected chi connectivity index (χ1v) is 9.50. The zero-order chi connectivity index (χ0) is 21.6. The second-order valence-electron chi connectivity index (χ2n) is 7.06. The molecule has 1 aromatic carbocycles. The van der Waals surface area contributed by atoms with Crippen molar-refractivity contribution >= 4 is 11.9 Å². The monoisotopic (exact) mass is 424 g/mol. The van der Waals surface area contributed by atoms with Gasteiger partial charge in [0.2, 0.25) is 5.91 Å². The predicted molar refractivity (Wildman–Crippen MR) is 102 cm³/mol. The Morgan fingerprint density at radius 3 is 2.43 bits per heavy atom. The van der Waals surface area contributed by atoms with Crippen LogP contribution in [0.4, 0.5) is 18.0 Å². The molecule has 10 heteroatoms. The van der Waals surface area contributed by atoms with Gasteiger partial charge in [-0.15, -0.1) is 0 Å². The van der Waals surface area contributed by atoms with Crippen molar-refractivity contribution in [2.45, 2.75) is 19.3 Å². The molecule has 3 rings (SSSR count). The van der Waals surface area contributed by atoms with E-state index in [0.29, 0.717) is 44.0 Å². The normalized spacial score (nSPS) is 15.7. The Hall–Kier alpha value is -2.85. The number of benzene rings is 1. The number of hydrogen-bond donors (Lipinski definition) is 2. The van der Waals surface area contributed by atoms with Crippen LogP contribution >= 0.6 is 0 Å². The molecule has 3 amide bonds. The maximum Gasteiger partial charge on any atom is 0.416 e. The number of piperazine rings is 1. The molecule has 1 aromatic heterocycles. The summed E-state index contributed by atoms with van der Waals surface area (Å²) in [5.74, 6) is 0.160. The molecule has 30 heavy (non-hydrogen) atoms. The van der Waals surface area contributed by atoms with Crippen molar-refractivity contribution < 1.29 is 27.2 Å². The van der Waals surface area contributed by atoms with Crippen molar-refractivity contribution in [2.75, 3.05) is 32.7 Å². The maximum absolute atomic E-state index is 12.8. The van der Waals surface area contributed by atoms with Crippen LogP contribution in [-0.4, -0.2) is 54.5 Å².